The van der Waals surface area contributed by atoms with Crippen LogP contribution in [0.2, 0.25) is 5.02 Å². The minimum atomic E-state index is -3.42. The predicted octanol–water partition coefficient (Wildman–Crippen LogP) is 3.78. The second-order valence-electron chi connectivity index (χ2n) is 8.02. The number of ether oxygens (including phenoxy) is 1. The van der Waals surface area contributed by atoms with Crippen LogP contribution in [0.3, 0.4) is 0 Å². The number of nitrogens with zero attached hydrogens (tertiary/aromatic N) is 1. The van der Waals surface area contributed by atoms with Gasteiger partial charge in [0.15, 0.2) is 9.84 Å². The standard InChI is InChI=1S/C23H26ClNO4S/c24-20-9-5-4-8-19(20)21-10-13-25(14-17-30(21,27)28)22(26)23(11-15-29-16-12-23)18-6-2-1-3-7-18/h1-9,21H,10-17H2/t21-/m1/s1. The fraction of sp³-hybridized carbons (Fsp3) is 0.435. The van der Waals surface area contributed by atoms with Crippen LogP contribution in [0.25, 0.3) is 0 Å². The molecule has 2 saturated heterocycles. The fourth-order valence-electron chi connectivity index (χ4n) is 4.64. The number of halogens is 1. The Bertz CT molecular complexity index is 1000. The van der Waals surface area contributed by atoms with Crippen molar-refractivity contribution in [2.24, 2.45) is 0 Å². The summed E-state index contributed by atoms with van der Waals surface area (Å²) in [6, 6.07) is 16.9. The molecule has 0 spiro atoms. The summed E-state index contributed by atoms with van der Waals surface area (Å²) in [6.07, 6.45) is 1.55. The van der Waals surface area contributed by atoms with Gasteiger partial charge in [-0.3, -0.25) is 4.79 Å². The highest BCUT2D eigenvalue weighted by molar-refractivity contribution is 7.91. The summed E-state index contributed by atoms with van der Waals surface area (Å²) in [4.78, 5) is 15.5. The van der Waals surface area contributed by atoms with Crippen molar-refractivity contribution >= 4 is 27.3 Å². The summed E-state index contributed by atoms with van der Waals surface area (Å²) in [5.74, 6) is -0.0530. The monoisotopic (exact) mass is 447 g/mol. The number of hydrogen-bond acceptors (Lipinski definition) is 4. The maximum atomic E-state index is 13.8. The number of hydrogen-bond donors (Lipinski definition) is 0. The number of carbonyl (C=O) groups is 1. The topological polar surface area (TPSA) is 63.7 Å². The molecule has 2 aromatic rings. The molecule has 1 atom stereocenters. The van der Waals surface area contributed by atoms with Gasteiger partial charge in [-0.05, 0) is 36.5 Å². The second kappa shape index (κ2) is 8.69. The number of carbonyl (C=O) groups excluding carboxylic acids is 1. The van der Waals surface area contributed by atoms with Crippen molar-refractivity contribution in [1.82, 2.24) is 4.90 Å². The van der Waals surface area contributed by atoms with Gasteiger partial charge in [-0.2, -0.15) is 0 Å². The third-order valence-electron chi connectivity index (χ3n) is 6.36. The van der Waals surface area contributed by atoms with Crippen molar-refractivity contribution in [3.8, 4) is 0 Å². The SMILES string of the molecule is O=C(N1CC[C@H](c2ccccc2Cl)S(=O)(=O)CC1)C1(c2ccccc2)CCOCC1. The lowest BCUT2D eigenvalue weighted by Crippen LogP contribution is -2.50. The average molecular weight is 448 g/mol. The summed E-state index contributed by atoms with van der Waals surface area (Å²) < 4.78 is 31.6. The van der Waals surface area contributed by atoms with Gasteiger partial charge < -0.3 is 9.64 Å². The van der Waals surface area contributed by atoms with E-state index in [1.165, 1.54) is 0 Å². The van der Waals surface area contributed by atoms with E-state index >= 15 is 0 Å². The van der Waals surface area contributed by atoms with E-state index in [1.54, 1.807) is 29.2 Å². The largest absolute Gasteiger partial charge is 0.381 e. The molecule has 0 saturated carbocycles. The number of amides is 1. The van der Waals surface area contributed by atoms with Gasteiger partial charge in [0.1, 0.15) is 0 Å². The Balaban J connectivity index is 1.63. The van der Waals surface area contributed by atoms with Crippen molar-refractivity contribution in [1.29, 1.82) is 0 Å². The van der Waals surface area contributed by atoms with Crippen LogP contribution in [-0.4, -0.2) is 51.3 Å². The van der Waals surface area contributed by atoms with Crippen LogP contribution in [0.1, 0.15) is 35.6 Å². The van der Waals surface area contributed by atoms with E-state index in [1.807, 2.05) is 30.3 Å². The highest BCUT2D eigenvalue weighted by Crippen LogP contribution is 2.39. The van der Waals surface area contributed by atoms with E-state index in [4.69, 9.17) is 16.3 Å². The van der Waals surface area contributed by atoms with Gasteiger partial charge in [0, 0.05) is 31.3 Å². The third-order valence-corrected chi connectivity index (χ3v) is 8.81. The van der Waals surface area contributed by atoms with Crippen LogP contribution < -0.4 is 0 Å². The van der Waals surface area contributed by atoms with Crippen molar-refractivity contribution in [3.05, 3.63) is 70.7 Å². The summed E-state index contributed by atoms with van der Waals surface area (Å²) in [7, 11) is -3.42. The molecule has 2 heterocycles. The van der Waals surface area contributed by atoms with Crippen molar-refractivity contribution in [2.45, 2.75) is 29.9 Å². The summed E-state index contributed by atoms with van der Waals surface area (Å²) >= 11 is 6.30. The molecule has 7 heteroatoms. The first-order valence-electron chi connectivity index (χ1n) is 10.3. The van der Waals surface area contributed by atoms with Gasteiger partial charge >= 0.3 is 0 Å². The van der Waals surface area contributed by atoms with Crippen molar-refractivity contribution < 1.29 is 17.9 Å². The van der Waals surface area contributed by atoms with Gasteiger partial charge in [-0.15, -0.1) is 0 Å². The summed E-state index contributed by atoms with van der Waals surface area (Å²) in [6.45, 7) is 1.64. The summed E-state index contributed by atoms with van der Waals surface area (Å²) in [5.41, 5.74) is 0.943. The quantitative estimate of drug-likeness (QED) is 0.718. The van der Waals surface area contributed by atoms with E-state index in [0.29, 0.717) is 49.6 Å². The smallest absolute Gasteiger partial charge is 0.233 e. The molecular weight excluding hydrogens is 422 g/mol. The minimum Gasteiger partial charge on any atom is -0.381 e. The fourth-order valence-corrected chi connectivity index (χ4v) is 6.79. The molecule has 2 aliphatic heterocycles. The lowest BCUT2D eigenvalue weighted by molar-refractivity contribution is -0.141. The predicted molar refractivity (Wildman–Crippen MR) is 117 cm³/mol. The first-order chi connectivity index (χ1) is 14.4. The highest BCUT2D eigenvalue weighted by Gasteiger charge is 2.45. The number of sulfone groups is 1. The molecule has 2 aliphatic rings. The van der Waals surface area contributed by atoms with Crippen LogP contribution >= 0.6 is 11.6 Å². The first-order valence-corrected chi connectivity index (χ1v) is 12.4. The summed E-state index contributed by atoms with van der Waals surface area (Å²) in [5, 5.41) is -0.234. The third kappa shape index (κ3) is 4.01. The van der Waals surface area contributed by atoms with Crippen LogP contribution in [0.4, 0.5) is 0 Å². The zero-order valence-corrected chi connectivity index (χ0v) is 18.4. The lowest BCUT2D eigenvalue weighted by atomic mass is 9.73. The highest BCUT2D eigenvalue weighted by atomic mass is 35.5. The van der Waals surface area contributed by atoms with Gasteiger partial charge in [0.2, 0.25) is 5.91 Å². The molecule has 0 aliphatic carbocycles. The zero-order chi connectivity index (χ0) is 21.2. The molecule has 0 bridgehead atoms. The van der Waals surface area contributed by atoms with E-state index in [2.05, 4.69) is 0 Å². The van der Waals surface area contributed by atoms with Crippen LogP contribution in [-0.2, 0) is 24.8 Å². The molecule has 30 heavy (non-hydrogen) atoms. The maximum Gasteiger partial charge on any atom is 0.233 e. The first kappa shape index (κ1) is 21.3. The molecule has 0 radical (unpaired) electrons. The van der Waals surface area contributed by atoms with Crippen molar-refractivity contribution in [2.75, 3.05) is 32.1 Å². The Hall–Kier alpha value is -1.89. The Labute approximate surface area is 182 Å². The van der Waals surface area contributed by atoms with Gasteiger partial charge in [-0.1, -0.05) is 60.1 Å². The number of benzene rings is 2. The van der Waals surface area contributed by atoms with Crippen molar-refractivity contribution in [3.63, 3.8) is 0 Å². The molecule has 0 aromatic heterocycles. The molecular formula is C23H26ClNO4S. The van der Waals surface area contributed by atoms with Gasteiger partial charge in [0.05, 0.1) is 16.4 Å². The van der Waals surface area contributed by atoms with E-state index in [-0.39, 0.29) is 18.2 Å². The number of rotatable bonds is 3. The lowest BCUT2D eigenvalue weighted by Gasteiger charge is -2.40. The average Bonchev–Trinajstić information content (AvgIpc) is 2.93. The Morgan fingerprint density at radius 1 is 1.00 bits per heavy atom. The second-order valence-corrected chi connectivity index (χ2v) is 10.7. The van der Waals surface area contributed by atoms with Crippen LogP contribution in [0.5, 0.6) is 0 Å². The maximum absolute atomic E-state index is 13.8. The van der Waals surface area contributed by atoms with Gasteiger partial charge in [0.25, 0.3) is 0 Å². The molecule has 4 rings (SSSR count). The molecule has 2 aromatic carbocycles. The molecule has 0 N–H and O–H groups in total. The van der Waals surface area contributed by atoms with E-state index < -0.39 is 20.5 Å². The van der Waals surface area contributed by atoms with Gasteiger partial charge in [-0.25, -0.2) is 8.42 Å². The molecule has 2 fully saturated rings. The Morgan fingerprint density at radius 3 is 2.37 bits per heavy atom. The minimum absolute atomic E-state index is 0.00649. The zero-order valence-electron chi connectivity index (χ0n) is 16.8. The normalized spacial score (nSPS) is 23.5. The van der Waals surface area contributed by atoms with E-state index in [0.717, 1.165) is 5.56 Å². The van der Waals surface area contributed by atoms with E-state index in [9.17, 15) is 13.2 Å². The van der Waals surface area contributed by atoms with Crippen LogP contribution in [0, 0.1) is 0 Å². The van der Waals surface area contributed by atoms with Crippen LogP contribution in [0.15, 0.2) is 54.6 Å². The Morgan fingerprint density at radius 2 is 1.67 bits per heavy atom. The molecule has 0 unspecified atom stereocenters. The molecule has 160 valence electrons. The molecule has 1 amide bonds. The Kier molecular flexibility index (Phi) is 6.19. The molecule has 5 nitrogen and oxygen atoms in total.